The second kappa shape index (κ2) is 5.00. The molecule has 1 heterocycles. The van der Waals surface area contributed by atoms with Crippen molar-refractivity contribution in [3.8, 4) is 5.88 Å². The van der Waals surface area contributed by atoms with E-state index in [1.54, 1.807) is 0 Å². The Morgan fingerprint density at radius 2 is 1.62 bits per heavy atom. The van der Waals surface area contributed by atoms with E-state index < -0.39 is 40.8 Å². The molecule has 0 aliphatic carbocycles. The van der Waals surface area contributed by atoms with E-state index in [1.165, 1.54) is 0 Å². The number of alkyl halides is 8. The van der Waals surface area contributed by atoms with Crippen LogP contribution in [0.3, 0.4) is 0 Å². The Labute approximate surface area is 115 Å². The van der Waals surface area contributed by atoms with Crippen LogP contribution in [0.1, 0.15) is 11.3 Å². The van der Waals surface area contributed by atoms with Crippen LogP contribution in [0.4, 0.5) is 39.9 Å². The predicted molar refractivity (Wildman–Crippen MR) is 50.0 cm³/mol. The first-order chi connectivity index (χ1) is 9.19. The van der Waals surface area contributed by atoms with E-state index in [0.29, 0.717) is 7.05 Å². The highest BCUT2D eigenvalue weighted by atomic mass is 35.5. The second-order valence-corrected chi connectivity index (χ2v) is 3.87. The van der Waals surface area contributed by atoms with Gasteiger partial charge in [0.2, 0.25) is 5.88 Å². The summed E-state index contributed by atoms with van der Waals surface area (Å²) in [7, 11) is 0.570. The van der Waals surface area contributed by atoms with E-state index in [1.807, 2.05) is 0 Å². The number of hydrogen-bond acceptors (Lipinski definition) is 3. The molecular formula is C8H3ClF8N2O2. The van der Waals surface area contributed by atoms with Gasteiger partial charge in [0.05, 0.1) is 0 Å². The minimum absolute atomic E-state index is 0.0991. The molecule has 21 heavy (non-hydrogen) atoms. The van der Waals surface area contributed by atoms with Crippen molar-refractivity contribution in [1.82, 2.24) is 9.78 Å². The molecule has 0 aliphatic heterocycles. The molecule has 0 saturated carbocycles. The molecule has 1 aromatic rings. The van der Waals surface area contributed by atoms with Gasteiger partial charge in [0, 0.05) is 18.6 Å². The molecule has 1 aromatic heterocycles. The smallest absolute Gasteiger partial charge is 0.395 e. The van der Waals surface area contributed by atoms with E-state index in [2.05, 4.69) is 21.4 Å². The van der Waals surface area contributed by atoms with E-state index in [-0.39, 0.29) is 4.68 Å². The summed E-state index contributed by atoms with van der Waals surface area (Å²) in [6.07, 6.45) is -12.0. The van der Waals surface area contributed by atoms with Gasteiger partial charge < -0.3 is 4.74 Å². The normalized spacial score (nSPS) is 13.4. The number of ether oxygens (including phenoxy) is 1. The van der Waals surface area contributed by atoms with Gasteiger partial charge in [-0.05, 0) is 0 Å². The first-order valence-electron chi connectivity index (χ1n) is 4.66. The Kier molecular flexibility index (Phi) is 4.16. The SMILES string of the molecule is Cn1nc(C(F)(F)C(F)(F)F)c(C(F)(F)F)c1OC(=O)Cl. The molecule has 0 unspecified atom stereocenters. The Morgan fingerprint density at radius 1 is 1.14 bits per heavy atom. The van der Waals surface area contributed by atoms with Gasteiger partial charge >= 0.3 is 23.7 Å². The molecule has 0 fully saturated rings. The summed E-state index contributed by atoms with van der Waals surface area (Å²) >= 11 is 4.64. The van der Waals surface area contributed by atoms with Crippen molar-refractivity contribution in [2.75, 3.05) is 0 Å². The predicted octanol–water partition coefficient (Wildman–Crippen LogP) is 3.83. The molecule has 0 bridgehead atoms. The maximum absolute atomic E-state index is 13.1. The summed E-state index contributed by atoms with van der Waals surface area (Å²) in [6, 6.07) is 0. The standard InChI is InChI=1S/C8H3ClF8N2O2/c1-19-4(21-5(9)20)2(7(12,13)14)3(18-19)6(10,11)8(15,16)17/h1H3. The first kappa shape index (κ1) is 17.5. The van der Waals surface area contributed by atoms with Crippen molar-refractivity contribution in [2.45, 2.75) is 18.3 Å². The summed E-state index contributed by atoms with van der Waals surface area (Å²) in [5.74, 6) is -7.59. The van der Waals surface area contributed by atoms with Gasteiger partial charge in [-0.2, -0.15) is 40.2 Å². The maximum Gasteiger partial charge on any atom is 0.459 e. The zero-order chi connectivity index (χ0) is 16.8. The Morgan fingerprint density at radius 3 is 1.95 bits per heavy atom. The molecule has 0 atom stereocenters. The molecule has 120 valence electrons. The molecule has 0 spiro atoms. The number of rotatable bonds is 2. The van der Waals surface area contributed by atoms with Gasteiger partial charge in [-0.15, -0.1) is 0 Å². The van der Waals surface area contributed by atoms with Crippen LogP contribution in [-0.4, -0.2) is 21.4 Å². The summed E-state index contributed by atoms with van der Waals surface area (Å²) in [5, 5.41) is 2.46. The number of carbonyl (C=O) groups is 1. The van der Waals surface area contributed by atoms with Gasteiger partial charge in [0.25, 0.3) is 0 Å². The summed E-state index contributed by atoms with van der Waals surface area (Å²) < 4.78 is 105. The van der Waals surface area contributed by atoms with Gasteiger partial charge in [0.1, 0.15) is 5.56 Å². The lowest BCUT2D eigenvalue weighted by atomic mass is 10.1. The van der Waals surface area contributed by atoms with Gasteiger partial charge in [-0.25, -0.2) is 9.48 Å². The fraction of sp³-hybridized carbons (Fsp3) is 0.500. The van der Waals surface area contributed by atoms with Crippen molar-refractivity contribution in [2.24, 2.45) is 7.05 Å². The fourth-order valence-electron chi connectivity index (χ4n) is 1.31. The summed E-state index contributed by atoms with van der Waals surface area (Å²) in [5.41, 5.74) is -7.05. The third-order valence-corrected chi connectivity index (χ3v) is 2.19. The third-order valence-electron chi connectivity index (χ3n) is 2.11. The lowest BCUT2D eigenvalue weighted by molar-refractivity contribution is -0.292. The molecule has 0 radical (unpaired) electrons. The van der Waals surface area contributed by atoms with Crippen LogP contribution < -0.4 is 4.74 Å². The highest BCUT2D eigenvalue weighted by Gasteiger charge is 2.64. The Balaban J connectivity index is 3.66. The number of nitrogens with zero attached hydrogens (tertiary/aromatic N) is 2. The number of halogens is 9. The van der Waals surface area contributed by atoms with Crippen LogP contribution in [0.5, 0.6) is 5.88 Å². The first-order valence-corrected chi connectivity index (χ1v) is 5.04. The number of carbonyl (C=O) groups excluding carboxylic acids is 1. The van der Waals surface area contributed by atoms with Crippen LogP contribution >= 0.6 is 11.6 Å². The molecule has 0 aliphatic rings. The number of aryl methyl sites for hydroxylation is 1. The average molecular weight is 347 g/mol. The van der Waals surface area contributed by atoms with Crippen molar-refractivity contribution in [1.29, 1.82) is 0 Å². The minimum Gasteiger partial charge on any atom is -0.395 e. The zero-order valence-electron chi connectivity index (χ0n) is 9.61. The van der Waals surface area contributed by atoms with E-state index in [4.69, 9.17) is 0 Å². The van der Waals surface area contributed by atoms with Crippen LogP contribution in [0.2, 0.25) is 0 Å². The summed E-state index contributed by atoms with van der Waals surface area (Å²) in [6.45, 7) is 0. The molecule has 0 aromatic carbocycles. The van der Waals surface area contributed by atoms with Gasteiger partial charge in [-0.1, -0.05) is 0 Å². The molecule has 4 nitrogen and oxygen atoms in total. The number of aromatic nitrogens is 2. The number of hydrogen-bond donors (Lipinski definition) is 0. The van der Waals surface area contributed by atoms with Crippen molar-refractivity contribution < 1.29 is 44.7 Å². The summed E-state index contributed by atoms with van der Waals surface area (Å²) in [4.78, 5) is 10.4. The van der Waals surface area contributed by atoms with E-state index in [0.717, 1.165) is 0 Å². The maximum atomic E-state index is 13.1. The third kappa shape index (κ3) is 3.19. The largest absolute Gasteiger partial charge is 0.459 e. The fourth-order valence-corrected chi connectivity index (χ4v) is 1.38. The quantitative estimate of drug-likeness (QED) is 0.604. The lowest BCUT2D eigenvalue weighted by Gasteiger charge is -2.19. The molecule has 1 rings (SSSR count). The van der Waals surface area contributed by atoms with Gasteiger partial charge in [0.15, 0.2) is 5.69 Å². The minimum atomic E-state index is -6.33. The van der Waals surface area contributed by atoms with Crippen molar-refractivity contribution >= 4 is 17.0 Å². The van der Waals surface area contributed by atoms with Crippen LogP contribution in [0, 0.1) is 0 Å². The van der Waals surface area contributed by atoms with E-state index in [9.17, 15) is 39.9 Å². The monoisotopic (exact) mass is 346 g/mol. The molecule has 0 amide bonds. The molecule has 0 N–H and O–H groups in total. The second-order valence-electron chi connectivity index (χ2n) is 3.56. The topological polar surface area (TPSA) is 44.1 Å². The highest BCUT2D eigenvalue weighted by Crippen LogP contribution is 2.50. The zero-order valence-corrected chi connectivity index (χ0v) is 10.4. The van der Waals surface area contributed by atoms with Crippen LogP contribution in [0.25, 0.3) is 0 Å². The highest BCUT2D eigenvalue weighted by molar-refractivity contribution is 6.61. The van der Waals surface area contributed by atoms with Gasteiger partial charge in [-0.3, -0.25) is 0 Å². The van der Waals surface area contributed by atoms with E-state index >= 15 is 0 Å². The van der Waals surface area contributed by atoms with Crippen molar-refractivity contribution in [3.63, 3.8) is 0 Å². The Bertz CT molecular complexity index is 562. The van der Waals surface area contributed by atoms with Crippen molar-refractivity contribution in [3.05, 3.63) is 11.3 Å². The average Bonchev–Trinajstić information content (AvgIpc) is 2.53. The van der Waals surface area contributed by atoms with Crippen LogP contribution in [-0.2, 0) is 19.1 Å². The molecule has 13 heteroatoms. The lowest BCUT2D eigenvalue weighted by Crippen LogP contribution is -2.36. The van der Waals surface area contributed by atoms with Crippen LogP contribution in [0.15, 0.2) is 0 Å². The molecule has 0 saturated heterocycles. The molecular weight excluding hydrogens is 344 g/mol. The Hall–Kier alpha value is -1.59.